The molecule has 2 aromatic heterocycles. The molecule has 9 nitrogen and oxygen atoms in total. The minimum atomic E-state index is -0.328. The van der Waals surface area contributed by atoms with Crippen LogP contribution in [0.25, 0.3) is 0 Å². The van der Waals surface area contributed by atoms with E-state index >= 15 is 0 Å². The van der Waals surface area contributed by atoms with Crippen LogP contribution in [-0.4, -0.2) is 76.7 Å². The molecule has 1 aliphatic heterocycles. The molecule has 1 fully saturated rings. The lowest BCUT2D eigenvalue weighted by molar-refractivity contribution is 0.0739. The minimum Gasteiger partial charge on any atom is -0.394 e. The van der Waals surface area contributed by atoms with Crippen molar-refractivity contribution in [1.82, 2.24) is 20.2 Å². The van der Waals surface area contributed by atoms with Gasteiger partial charge in [-0.1, -0.05) is 13.8 Å². The van der Waals surface area contributed by atoms with Crippen molar-refractivity contribution in [3.05, 3.63) is 47.9 Å². The number of pyridine rings is 2. The number of piperazine rings is 1. The molecule has 1 atom stereocenters. The van der Waals surface area contributed by atoms with Crippen LogP contribution in [0.4, 0.5) is 11.5 Å². The Kier molecular flexibility index (Phi) is 8.21. The molecule has 0 bridgehead atoms. The molecule has 3 rings (SSSR count). The van der Waals surface area contributed by atoms with Crippen LogP contribution in [-0.2, 0) is 0 Å². The molecule has 0 aromatic carbocycles. The Hall–Kier alpha value is -3.20. The van der Waals surface area contributed by atoms with E-state index in [1.165, 1.54) is 6.20 Å². The molecule has 0 saturated carbocycles. The van der Waals surface area contributed by atoms with Crippen LogP contribution in [0.3, 0.4) is 0 Å². The first kappa shape index (κ1) is 24.4. The first-order chi connectivity index (χ1) is 15.8. The Labute approximate surface area is 195 Å². The van der Waals surface area contributed by atoms with Crippen LogP contribution in [0, 0.1) is 5.92 Å². The summed E-state index contributed by atoms with van der Waals surface area (Å²) in [5.74, 6) is 0.534. The van der Waals surface area contributed by atoms with E-state index in [1.807, 2.05) is 26.0 Å². The molecule has 1 aliphatic rings. The highest BCUT2D eigenvalue weighted by Crippen LogP contribution is 2.24. The van der Waals surface area contributed by atoms with Crippen LogP contribution in [0.5, 0.6) is 0 Å². The topological polar surface area (TPSA) is 111 Å². The lowest BCUT2D eigenvalue weighted by Crippen LogP contribution is -2.49. The quantitative estimate of drug-likeness (QED) is 0.560. The van der Waals surface area contributed by atoms with E-state index < -0.39 is 0 Å². The van der Waals surface area contributed by atoms with E-state index in [1.54, 1.807) is 23.2 Å². The molecule has 0 aliphatic carbocycles. The molecule has 1 unspecified atom stereocenters. The molecule has 2 aromatic rings. The lowest BCUT2D eigenvalue weighted by Gasteiger charge is -2.36. The predicted molar refractivity (Wildman–Crippen MR) is 129 cm³/mol. The second-order valence-electron chi connectivity index (χ2n) is 8.89. The van der Waals surface area contributed by atoms with Crippen LogP contribution in [0.1, 0.15) is 48.5 Å². The Balaban J connectivity index is 1.59. The number of hydrogen-bond acceptors (Lipinski definition) is 7. The van der Waals surface area contributed by atoms with Crippen LogP contribution in [0.2, 0.25) is 0 Å². The summed E-state index contributed by atoms with van der Waals surface area (Å²) in [7, 11) is 0. The second kappa shape index (κ2) is 11.1. The summed E-state index contributed by atoms with van der Waals surface area (Å²) in [6.07, 6.45) is 3.19. The van der Waals surface area contributed by atoms with Crippen molar-refractivity contribution in [2.24, 2.45) is 5.92 Å². The van der Waals surface area contributed by atoms with Crippen molar-refractivity contribution in [3.63, 3.8) is 0 Å². The highest BCUT2D eigenvalue weighted by atomic mass is 16.3. The molecule has 1 saturated heterocycles. The number of anilines is 2. The summed E-state index contributed by atoms with van der Waals surface area (Å²) < 4.78 is 0. The number of carbonyl (C=O) groups excluding carboxylic acids is 2. The van der Waals surface area contributed by atoms with Gasteiger partial charge in [-0.25, -0.2) is 4.98 Å². The number of nitrogens with zero attached hydrogens (tertiary/aromatic N) is 4. The van der Waals surface area contributed by atoms with Crippen molar-refractivity contribution in [2.75, 3.05) is 43.0 Å². The standard InChI is InChI=1S/C24H34N6O3/c1-16(2)21(15-31)28-23(32)18-7-8-20(26-14-18)24(33)30-12-10-29(11-13-30)22-19(27-17(3)4)6-5-9-25-22/h5-9,14,16-17,21,27,31H,10-13,15H2,1-4H3,(H,28,32). The minimum absolute atomic E-state index is 0.106. The first-order valence-corrected chi connectivity index (χ1v) is 11.4. The molecule has 3 N–H and O–H groups in total. The highest BCUT2D eigenvalue weighted by molar-refractivity contribution is 5.96. The van der Waals surface area contributed by atoms with Gasteiger partial charge in [0.25, 0.3) is 11.8 Å². The Bertz CT molecular complexity index is 939. The molecule has 2 amide bonds. The summed E-state index contributed by atoms with van der Waals surface area (Å²) in [5, 5.41) is 15.6. The Morgan fingerprint density at radius 3 is 2.36 bits per heavy atom. The summed E-state index contributed by atoms with van der Waals surface area (Å²) >= 11 is 0. The third-order valence-corrected chi connectivity index (χ3v) is 5.66. The molecule has 0 spiro atoms. The van der Waals surface area contributed by atoms with E-state index in [-0.39, 0.29) is 30.4 Å². The maximum absolute atomic E-state index is 12.9. The smallest absolute Gasteiger partial charge is 0.272 e. The monoisotopic (exact) mass is 454 g/mol. The fourth-order valence-corrected chi connectivity index (χ4v) is 3.69. The van der Waals surface area contributed by atoms with Gasteiger partial charge in [-0.15, -0.1) is 0 Å². The van der Waals surface area contributed by atoms with Crippen molar-refractivity contribution in [2.45, 2.75) is 39.8 Å². The summed E-state index contributed by atoms with van der Waals surface area (Å²) in [5.41, 5.74) is 1.65. The number of aliphatic hydroxyl groups is 1. The fraction of sp³-hybridized carbons (Fsp3) is 0.500. The van der Waals surface area contributed by atoms with Gasteiger partial charge in [-0.05, 0) is 44.0 Å². The summed E-state index contributed by atoms with van der Waals surface area (Å²) in [6.45, 7) is 10.4. The first-order valence-electron chi connectivity index (χ1n) is 11.4. The van der Waals surface area contributed by atoms with Crippen molar-refractivity contribution < 1.29 is 14.7 Å². The van der Waals surface area contributed by atoms with Crippen LogP contribution < -0.4 is 15.5 Å². The van der Waals surface area contributed by atoms with Crippen molar-refractivity contribution in [1.29, 1.82) is 0 Å². The van der Waals surface area contributed by atoms with Gasteiger partial charge < -0.3 is 25.5 Å². The van der Waals surface area contributed by atoms with E-state index in [4.69, 9.17) is 0 Å². The van der Waals surface area contributed by atoms with Gasteiger partial charge in [0.1, 0.15) is 5.69 Å². The summed E-state index contributed by atoms with van der Waals surface area (Å²) in [6, 6.07) is 7.08. The number of aliphatic hydroxyl groups excluding tert-OH is 1. The van der Waals surface area contributed by atoms with Crippen LogP contribution in [0.15, 0.2) is 36.7 Å². The molecule has 3 heterocycles. The van der Waals surface area contributed by atoms with Gasteiger partial charge in [-0.2, -0.15) is 0 Å². The molecule has 33 heavy (non-hydrogen) atoms. The molecular weight excluding hydrogens is 420 g/mol. The highest BCUT2D eigenvalue weighted by Gasteiger charge is 2.25. The molecule has 0 radical (unpaired) electrons. The van der Waals surface area contributed by atoms with Gasteiger partial charge in [-0.3, -0.25) is 14.6 Å². The second-order valence-corrected chi connectivity index (χ2v) is 8.89. The number of hydrogen-bond donors (Lipinski definition) is 3. The molecule has 9 heteroatoms. The third-order valence-electron chi connectivity index (χ3n) is 5.66. The normalized spacial score (nSPS) is 15.0. The maximum Gasteiger partial charge on any atom is 0.272 e. The molecule has 178 valence electrons. The van der Waals surface area contributed by atoms with Crippen molar-refractivity contribution in [3.8, 4) is 0 Å². The SMILES string of the molecule is CC(C)Nc1cccnc1N1CCN(C(=O)c2ccc(C(=O)NC(CO)C(C)C)cn2)CC1. The van der Waals surface area contributed by atoms with Crippen LogP contribution >= 0.6 is 0 Å². The lowest BCUT2D eigenvalue weighted by atomic mass is 10.1. The van der Waals surface area contributed by atoms with E-state index in [0.29, 0.717) is 43.5 Å². The molecular formula is C24H34N6O3. The van der Waals surface area contributed by atoms with E-state index in [0.717, 1.165) is 11.5 Å². The maximum atomic E-state index is 12.9. The van der Waals surface area contributed by atoms with Gasteiger partial charge in [0, 0.05) is 44.6 Å². The number of amides is 2. The third kappa shape index (κ3) is 6.19. The van der Waals surface area contributed by atoms with Gasteiger partial charge in [0.2, 0.25) is 0 Å². The average molecular weight is 455 g/mol. The van der Waals surface area contributed by atoms with E-state index in [9.17, 15) is 14.7 Å². The average Bonchev–Trinajstić information content (AvgIpc) is 2.82. The van der Waals surface area contributed by atoms with Crippen molar-refractivity contribution >= 4 is 23.3 Å². The van der Waals surface area contributed by atoms with Gasteiger partial charge in [0.15, 0.2) is 5.82 Å². The zero-order valence-electron chi connectivity index (χ0n) is 19.8. The largest absolute Gasteiger partial charge is 0.394 e. The van der Waals surface area contributed by atoms with Gasteiger partial charge in [0.05, 0.1) is 23.9 Å². The number of nitrogens with one attached hydrogen (secondary N) is 2. The van der Waals surface area contributed by atoms with Gasteiger partial charge >= 0.3 is 0 Å². The number of carbonyl (C=O) groups is 2. The zero-order valence-corrected chi connectivity index (χ0v) is 19.8. The number of aromatic nitrogens is 2. The Morgan fingerprint density at radius 2 is 1.79 bits per heavy atom. The predicted octanol–water partition coefficient (Wildman–Crippen LogP) is 2.01. The summed E-state index contributed by atoms with van der Waals surface area (Å²) in [4.78, 5) is 38.1. The fourth-order valence-electron chi connectivity index (χ4n) is 3.69. The Morgan fingerprint density at radius 1 is 1.06 bits per heavy atom. The van der Waals surface area contributed by atoms with E-state index in [2.05, 4.69) is 39.3 Å². The zero-order chi connectivity index (χ0) is 24.0. The number of rotatable bonds is 8.